The summed E-state index contributed by atoms with van der Waals surface area (Å²) in [5, 5.41) is 36.0. The molecule has 7 rings (SSSR count). The van der Waals surface area contributed by atoms with Crippen molar-refractivity contribution in [3.05, 3.63) is 107 Å². The number of benzene rings is 3. The average molecular weight is 872 g/mol. The van der Waals surface area contributed by atoms with Crippen molar-refractivity contribution >= 4 is 29.3 Å². The predicted octanol–water partition coefficient (Wildman–Crippen LogP) is 9.40. The predicted molar refractivity (Wildman–Crippen MR) is 235 cm³/mol. The van der Waals surface area contributed by atoms with Crippen LogP contribution in [-0.4, -0.2) is 89.7 Å². The summed E-state index contributed by atoms with van der Waals surface area (Å²) in [6, 6.07) is 18.2. The summed E-state index contributed by atoms with van der Waals surface area (Å²) in [7, 11) is 1.63. The van der Waals surface area contributed by atoms with Gasteiger partial charge < -0.3 is 43.6 Å². The van der Waals surface area contributed by atoms with Crippen molar-refractivity contribution in [2.75, 3.05) is 39.7 Å². The zero-order chi connectivity index (χ0) is 43.6. The van der Waals surface area contributed by atoms with Gasteiger partial charge in [-0.3, -0.25) is 10.1 Å². The van der Waals surface area contributed by atoms with Crippen LogP contribution in [0.25, 0.3) is 0 Å². The molecule has 3 aromatic rings. The lowest BCUT2D eigenvalue weighted by atomic mass is 9.55. The van der Waals surface area contributed by atoms with Crippen LogP contribution in [0.4, 0.5) is 10.5 Å². The molecule has 14 nitrogen and oxygen atoms in total. The number of oxime groups is 1. The van der Waals surface area contributed by atoms with Crippen molar-refractivity contribution in [1.29, 1.82) is 0 Å². The Hall–Kier alpha value is -4.93. The highest BCUT2D eigenvalue weighted by molar-refractivity contribution is 7.98. The van der Waals surface area contributed by atoms with E-state index in [0.717, 1.165) is 54.6 Å². The summed E-state index contributed by atoms with van der Waals surface area (Å²) in [4.78, 5) is 33.9. The molecule has 0 radical (unpaired) electrons. The van der Waals surface area contributed by atoms with Crippen molar-refractivity contribution in [1.82, 2.24) is 4.90 Å². The van der Waals surface area contributed by atoms with E-state index < -0.39 is 35.1 Å². The molecule has 7 atom stereocenters. The van der Waals surface area contributed by atoms with Crippen molar-refractivity contribution in [3.63, 3.8) is 0 Å². The molecule has 332 valence electrons. The average Bonchev–Trinajstić information content (AvgIpc) is 3.29. The molecular formula is C47H57N3O11S. The minimum absolute atomic E-state index is 0.0134. The van der Waals surface area contributed by atoms with E-state index in [0.29, 0.717) is 48.8 Å². The van der Waals surface area contributed by atoms with Crippen molar-refractivity contribution in [2.24, 2.45) is 22.9 Å². The molecule has 0 spiro atoms. The molecule has 1 saturated heterocycles. The van der Waals surface area contributed by atoms with E-state index in [9.17, 15) is 25.1 Å². The fraction of sp³-hybridized carbons (Fsp3) is 0.489. The molecule has 2 aliphatic heterocycles. The van der Waals surface area contributed by atoms with Gasteiger partial charge in [0.2, 0.25) is 12.1 Å². The van der Waals surface area contributed by atoms with Gasteiger partial charge in [-0.2, -0.15) is 0 Å². The number of nitrogens with zero attached hydrogens (tertiary/aromatic N) is 3. The lowest BCUT2D eigenvalue weighted by molar-refractivity contribution is -0.384. The Morgan fingerprint density at radius 3 is 2.42 bits per heavy atom. The van der Waals surface area contributed by atoms with Crippen LogP contribution in [-0.2, 0) is 14.3 Å². The molecule has 3 aromatic carbocycles. The molecule has 1 saturated carbocycles. The van der Waals surface area contributed by atoms with E-state index in [2.05, 4.69) is 12.7 Å². The fourth-order valence-electron chi connectivity index (χ4n) is 9.42. The van der Waals surface area contributed by atoms with Gasteiger partial charge >= 0.3 is 6.09 Å². The Kier molecular flexibility index (Phi) is 15.2. The van der Waals surface area contributed by atoms with Crippen LogP contribution in [0.3, 0.4) is 0 Å². The highest BCUT2D eigenvalue weighted by Crippen LogP contribution is 2.62. The number of nitro groups is 1. The van der Waals surface area contributed by atoms with Gasteiger partial charge in [0.15, 0.2) is 0 Å². The highest BCUT2D eigenvalue weighted by Gasteiger charge is 2.65. The summed E-state index contributed by atoms with van der Waals surface area (Å²) in [5.41, 5.74) is 2.30. The third-order valence-corrected chi connectivity index (χ3v) is 13.1. The van der Waals surface area contributed by atoms with Crippen LogP contribution in [0.5, 0.6) is 23.0 Å². The van der Waals surface area contributed by atoms with E-state index in [4.69, 9.17) is 33.7 Å². The molecule has 62 heavy (non-hydrogen) atoms. The maximum Gasteiger partial charge on any atom is 0.415 e. The van der Waals surface area contributed by atoms with E-state index in [-0.39, 0.29) is 55.4 Å². The number of fused-ring (bicyclic) bond motifs is 2. The zero-order valence-electron chi connectivity index (χ0n) is 35.4. The minimum Gasteiger partial charge on any atom is -0.459 e. The van der Waals surface area contributed by atoms with Crippen LogP contribution < -0.4 is 14.2 Å². The normalized spacial score (nSPS) is 25.7. The van der Waals surface area contributed by atoms with Crippen LogP contribution >= 0.6 is 11.8 Å². The molecule has 1 unspecified atom stereocenters. The first kappa shape index (κ1) is 45.1. The number of rotatable bonds is 19. The van der Waals surface area contributed by atoms with Gasteiger partial charge in [-0.1, -0.05) is 30.1 Å². The van der Waals surface area contributed by atoms with Crippen LogP contribution in [0.2, 0.25) is 0 Å². The second-order valence-corrected chi connectivity index (χ2v) is 17.1. The molecule has 1 amide bonds. The molecule has 2 heterocycles. The number of thioether (sulfide) groups is 1. The Morgan fingerprint density at radius 2 is 1.74 bits per heavy atom. The second-order valence-electron chi connectivity index (χ2n) is 16.2. The number of carbonyl (C=O) groups is 1. The topological polar surface area (TPSA) is 172 Å². The highest BCUT2D eigenvalue weighted by atomic mass is 32.2. The van der Waals surface area contributed by atoms with Gasteiger partial charge in [0.25, 0.3) is 5.69 Å². The molecular weight excluding hydrogens is 815 g/mol. The lowest BCUT2D eigenvalue weighted by Crippen LogP contribution is -2.69. The Bertz CT molecular complexity index is 2070. The van der Waals surface area contributed by atoms with Crippen LogP contribution in [0.1, 0.15) is 75.7 Å². The number of unbranched alkanes of at least 4 members (excludes halogenated alkanes) is 2. The summed E-state index contributed by atoms with van der Waals surface area (Å²) in [6.45, 7) is 4.80. The van der Waals surface area contributed by atoms with E-state index in [1.807, 2.05) is 48.7 Å². The van der Waals surface area contributed by atoms with Gasteiger partial charge in [-0.05, 0) is 117 Å². The van der Waals surface area contributed by atoms with E-state index in [1.54, 1.807) is 24.9 Å². The quantitative estimate of drug-likeness (QED) is 0.0385. The summed E-state index contributed by atoms with van der Waals surface area (Å²) in [6.07, 6.45) is 11.9. The standard InChI is InChI=1S/C47H57N3O11S/c1-4-26-57-47-42(49(2)46(53)59-34-16-14-32(15-17-34)50(54)55)30-40(48-61-43-13-7-10-27-56-43)38-28-31(11-5-8-24-51)37(12-6-9-25-52)44(45(38)47)39-29-35(20-23-41(39)60-47)58-33-18-21-36(62-3)22-19-33/h4,14-23,28-29,31,37,42-45,51-52H,1,5-13,24-27,30H2,2-3H3/t31-,37+,42-,43?,44+,45+,47+/m0/s1. The number of hydrogen-bond acceptors (Lipinski definition) is 13. The maximum atomic E-state index is 14.3. The Morgan fingerprint density at radius 1 is 1.02 bits per heavy atom. The summed E-state index contributed by atoms with van der Waals surface area (Å²) < 4.78 is 32.5. The van der Waals surface area contributed by atoms with E-state index in [1.165, 1.54) is 29.2 Å². The molecule has 0 aromatic heterocycles. The number of hydrogen-bond donors (Lipinski definition) is 2. The molecule has 2 N–H and O–H groups in total. The van der Waals surface area contributed by atoms with Gasteiger partial charge in [0, 0.05) is 61.6 Å². The maximum absolute atomic E-state index is 14.3. The number of allylic oxidation sites excluding steroid dienone is 1. The number of aliphatic hydroxyl groups is 2. The van der Waals surface area contributed by atoms with Gasteiger partial charge in [0.1, 0.15) is 29.0 Å². The number of aliphatic hydroxyl groups excluding tert-OH is 2. The second kappa shape index (κ2) is 21.0. The first-order chi connectivity index (χ1) is 30.2. The minimum atomic E-state index is -1.50. The zero-order valence-corrected chi connectivity index (χ0v) is 36.2. The lowest BCUT2D eigenvalue weighted by Gasteiger charge is -2.59. The number of nitro benzene ring substituents is 1. The van der Waals surface area contributed by atoms with Gasteiger partial charge in [-0.25, -0.2) is 4.79 Å². The third-order valence-electron chi connectivity index (χ3n) is 12.4. The largest absolute Gasteiger partial charge is 0.459 e. The smallest absolute Gasteiger partial charge is 0.415 e. The first-order valence-corrected chi connectivity index (χ1v) is 22.8. The molecule has 2 fully saturated rings. The Balaban J connectivity index is 1.38. The number of ether oxygens (including phenoxy) is 5. The van der Waals surface area contributed by atoms with E-state index >= 15 is 0 Å². The molecule has 15 heteroatoms. The number of non-ortho nitro benzene ring substituents is 1. The molecule has 2 aliphatic carbocycles. The van der Waals surface area contributed by atoms with Crippen LogP contribution in [0, 0.1) is 27.9 Å². The Labute approximate surface area is 367 Å². The molecule has 0 bridgehead atoms. The fourth-order valence-corrected chi connectivity index (χ4v) is 9.83. The third kappa shape index (κ3) is 9.97. The number of amides is 1. The van der Waals surface area contributed by atoms with Gasteiger partial charge in [0.05, 0.1) is 29.8 Å². The van der Waals surface area contributed by atoms with Crippen molar-refractivity contribution < 1.29 is 48.5 Å². The summed E-state index contributed by atoms with van der Waals surface area (Å²) >= 11 is 1.66. The number of carbonyl (C=O) groups excluding carboxylic acids is 1. The van der Waals surface area contributed by atoms with Crippen LogP contribution in [0.15, 0.2) is 101 Å². The SMILES string of the molecule is C=CCO[C@@]12Oc3ccc(Oc4ccc(SC)cc4)cc3[C@H]3[C@H](CCCCO)[C@@H](CCCCO)C=C(C(=NOC4CCCCO4)C[C@@H]1N(C)C(=O)Oc1ccc([N+](=O)[O-])cc1)[C@H]32. The number of likely N-dealkylation sites (N-methyl/N-ethyl adjacent to an activating group) is 1. The van der Waals surface area contributed by atoms with Crippen molar-refractivity contribution in [3.8, 4) is 23.0 Å². The first-order valence-electron chi connectivity index (χ1n) is 21.6. The monoisotopic (exact) mass is 871 g/mol. The summed E-state index contributed by atoms with van der Waals surface area (Å²) in [5.74, 6) is -0.207. The van der Waals surface area contributed by atoms with Gasteiger partial charge in [-0.15, -0.1) is 18.3 Å². The van der Waals surface area contributed by atoms with Crippen molar-refractivity contribution in [2.45, 2.75) is 93.1 Å². The molecule has 4 aliphatic rings.